The molecule has 0 saturated carbocycles. The summed E-state index contributed by atoms with van der Waals surface area (Å²) >= 11 is 11.9. The molecule has 0 amide bonds. The summed E-state index contributed by atoms with van der Waals surface area (Å²) in [6.07, 6.45) is 1.59. The predicted molar refractivity (Wildman–Crippen MR) is 107 cm³/mol. The second kappa shape index (κ2) is 7.86. The van der Waals surface area contributed by atoms with E-state index in [4.69, 9.17) is 37.4 Å². The van der Waals surface area contributed by atoms with Crippen LogP contribution < -0.4 is 9.47 Å². The van der Waals surface area contributed by atoms with E-state index in [-0.39, 0.29) is 18.1 Å². The van der Waals surface area contributed by atoms with Gasteiger partial charge in [-0.3, -0.25) is 4.79 Å². The maximum atomic E-state index is 12.5. The smallest absolute Gasteiger partial charge is 0.344 e. The zero-order valence-electron chi connectivity index (χ0n) is 15.5. The summed E-state index contributed by atoms with van der Waals surface area (Å²) in [5.41, 5.74) is 0.515. The van der Waals surface area contributed by atoms with Crippen LogP contribution in [-0.2, 0) is 9.53 Å². The van der Waals surface area contributed by atoms with Gasteiger partial charge in [-0.1, -0.05) is 29.3 Å². The first-order chi connectivity index (χ1) is 13.1. The normalized spacial score (nSPS) is 14.6. The summed E-state index contributed by atoms with van der Waals surface area (Å²) in [5, 5.41) is 0.814. The molecule has 2 aromatic carbocycles. The molecule has 5 nitrogen and oxygen atoms in total. The molecule has 1 aliphatic heterocycles. The van der Waals surface area contributed by atoms with Gasteiger partial charge >= 0.3 is 5.97 Å². The van der Waals surface area contributed by atoms with Crippen molar-refractivity contribution in [1.82, 2.24) is 0 Å². The van der Waals surface area contributed by atoms with Crippen LogP contribution in [0, 0.1) is 0 Å². The van der Waals surface area contributed by atoms with Gasteiger partial charge in [0, 0.05) is 6.07 Å². The summed E-state index contributed by atoms with van der Waals surface area (Å²) in [4.78, 5) is 24.3. The van der Waals surface area contributed by atoms with E-state index in [1.807, 2.05) is 0 Å². The van der Waals surface area contributed by atoms with Crippen LogP contribution in [0.15, 0.2) is 42.2 Å². The fourth-order valence-corrected chi connectivity index (χ4v) is 2.83. The SMILES string of the molecule is CC(C)(C)OC(=O)COc1ccc2c(c1)OC(=Cc1ccc(Cl)c(Cl)c1)C2=O. The number of esters is 1. The molecular weight excluding hydrogens is 403 g/mol. The maximum absolute atomic E-state index is 12.5. The summed E-state index contributed by atoms with van der Waals surface area (Å²) in [5.74, 6) is 0.189. The number of ketones is 1. The van der Waals surface area contributed by atoms with Crippen LogP contribution in [-0.4, -0.2) is 24.0 Å². The van der Waals surface area contributed by atoms with E-state index in [0.29, 0.717) is 32.7 Å². The summed E-state index contributed by atoms with van der Waals surface area (Å²) in [6.45, 7) is 5.10. The molecule has 0 atom stereocenters. The molecule has 0 spiro atoms. The zero-order chi connectivity index (χ0) is 20.5. The van der Waals surface area contributed by atoms with Crippen LogP contribution in [0.3, 0.4) is 0 Å². The molecule has 146 valence electrons. The standard InChI is InChI=1S/C21H18Cl2O5/c1-21(2,3)28-19(24)11-26-13-5-6-14-17(10-13)27-18(20(14)25)9-12-4-7-15(22)16(23)8-12/h4-10H,11H2,1-3H3. The largest absolute Gasteiger partial charge is 0.482 e. The van der Waals surface area contributed by atoms with Gasteiger partial charge in [-0.05, 0) is 56.7 Å². The van der Waals surface area contributed by atoms with Crippen LogP contribution in [0.4, 0.5) is 0 Å². The molecule has 2 aromatic rings. The lowest BCUT2D eigenvalue weighted by Gasteiger charge is -2.19. The number of carbonyl (C=O) groups excluding carboxylic acids is 2. The van der Waals surface area contributed by atoms with Gasteiger partial charge in [0.25, 0.3) is 0 Å². The van der Waals surface area contributed by atoms with E-state index in [1.54, 1.807) is 63.2 Å². The molecule has 7 heteroatoms. The third-order valence-corrected chi connectivity index (χ3v) is 4.40. The molecule has 0 unspecified atom stereocenters. The lowest BCUT2D eigenvalue weighted by Crippen LogP contribution is -2.27. The fraction of sp³-hybridized carbons (Fsp3) is 0.238. The molecule has 0 aromatic heterocycles. The minimum Gasteiger partial charge on any atom is -0.482 e. The van der Waals surface area contributed by atoms with E-state index < -0.39 is 11.6 Å². The highest BCUT2D eigenvalue weighted by Crippen LogP contribution is 2.35. The third-order valence-electron chi connectivity index (χ3n) is 3.66. The Morgan fingerprint density at radius 1 is 1.11 bits per heavy atom. The van der Waals surface area contributed by atoms with Crippen molar-refractivity contribution in [2.24, 2.45) is 0 Å². The number of benzene rings is 2. The van der Waals surface area contributed by atoms with Crippen LogP contribution in [0.5, 0.6) is 11.5 Å². The van der Waals surface area contributed by atoms with Crippen molar-refractivity contribution in [3.8, 4) is 11.5 Å². The average molecular weight is 421 g/mol. The van der Waals surface area contributed by atoms with Gasteiger partial charge < -0.3 is 14.2 Å². The first kappa shape index (κ1) is 20.2. The molecule has 0 fully saturated rings. The molecule has 28 heavy (non-hydrogen) atoms. The minimum atomic E-state index is -0.585. The lowest BCUT2D eigenvalue weighted by molar-refractivity contribution is -0.157. The Morgan fingerprint density at radius 3 is 2.54 bits per heavy atom. The number of halogens is 2. The number of ether oxygens (including phenoxy) is 3. The number of rotatable bonds is 4. The number of hydrogen-bond acceptors (Lipinski definition) is 5. The van der Waals surface area contributed by atoms with Gasteiger partial charge in [-0.15, -0.1) is 0 Å². The minimum absolute atomic E-state index is 0.165. The molecule has 0 aliphatic carbocycles. The molecule has 0 radical (unpaired) electrons. The first-order valence-corrected chi connectivity index (χ1v) is 9.26. The van der Waals surface area contributed by atoms with Gasteiger partial charge in [-0.2, -0.15) is 0 Å². The Bertz CT molecular complexity index is 973. The molecule has 3 rings (SSSR count). The fourth-order valence-electron chi connectivity index (χ4n) is 2.52. The lowest BCUT2D eigenvalue weighted by atomic mass is 10.1. The topological polar surface area (TPSA) is 61.8 Å². The van der Waals surface area contributed by atoms with Gasteiger partial charge in [-0.25, -0.2) is 4.79 Å². The van der Waals surface area contributed by atoms with Crippen molar-refractivity contribution in [2.75, 3.05) is 6.61 Å². The monoisotopic (exact) mass is 420 g/mol. The van der Waals surface area contributed by atoms with E-state index in [0.717, 1.165) is 0 Å². The highest BCUT2D eigenvalue weighted by molar-refractivity contribution is 6.42. The highest BCUT2D eigenvalue weighted by Gasteiger charge is 2.28. The van der Waals surface area contributed by atoms with E-state index in [2.05, 4.69) is 0 Å². The second-order valence-corrected chi connectivity index (χ2v) is 7.96. The van der Waals surface area contributed by atoms with Crippen molar-refractivity contribution in [2.45, 2.75) is 26.4 Å². The number of fused-ring (bicyclic) bond motifs is 1. The number of carbonyl (C=O) groups is 2. The van der Waals surface area contributed by atoms with Gasteiger partial charge in [0.1, 0.15) is 17.1 Å². The number of hydrogen-bond donors (Lipinski definition) is 0. The van der Waals surface area contributed by atoms with Crippen molar-refractivity contribution < 1.29 is 23.8 Å². The Kier molecular flexibility index (Phi) is 5.68. The van der Waals surface area contributed by atoms with Crippen molar-refractivity contribution in [3.05, 3.63) is 63.3 Å². The summed E-state index contributed by atoms with van der Waals surface area (Å²) < 4.78 is 16.3. The number of Topliss-reactive ketones (excluding diaryl/α,β-unsaturated/α-hetero) is 1. The maximum Gasteiger partial charge on any atom is 0.344 e. The summed E-state index contributed by atoms with van der Waals surface area (Å²) in [6, 6.07) is 9.78. The molecule has 0 saturated heterocycles. The van der Waals surface area contributed by atoms with Crippen molar-refractivity contribution in [3.63, 3.8) is 0 Å². The Labute approximate surface area is 172 Å². The first-order valence-electron chi connectivity index (χ1n) is 8.50. The Morgan fingerprint density at radius 2 is 1.86 bits per heavy atom. The van der Waals surface area contributed by atoms with Gasteiger partial charge in [0.15, 0.2) is 12.4 Å². The van der Waals surface area contributed by atoms with Crippen LogP contribution in [0.25, 0.3) is 6.08 Å². The van der Waals surface area contributed by atoms with Crippen LogP contribution >= 0.6 is 23.2 Å². The van der Waals surface area contributed by atoms with Gasteiger partial charge in [0.05, 0.1) is 15.6 Å². The van der Waals surface area contributed by atoms with E-state index in [9.17, 15) is 9.59 Å². The average Bonchev–Trinajstić information content (AvgIpc) is 2.90. The predicted octanol–water partition coefficient (Wildman–Crippen LogP) is 5.33. The second-order valence-electron chi connectivity index (χ2n) is 7.15. The number of allylic oxidation sites excluding steroid dienone is 1. The third kappa shape index (κ3) is 4.86. The van der Waals surface area contributed by atoms with Crippen LogP contribution in [0.1, 0.15) is 36.7 Å². The Hall–Kier alpha value is -2.50. The Balaban J connectivity index is 1.72. The molecular formula is C21H18Cl2O5. The van der Waals surface area contributed by atoms with Crippen molar-refractivity contribution in [1.29, 1.82) is 0 Å². The zero-order valence-corrected chi connectivity index (χ0v) is 17.1. The molecule has 0 N–H and O–H groups in total. The summed E-state index contributed by atoms with van der Waals surface area (Å²) in [7, 11) is 0. The quantitative estimate of drug-likeness (QED) is 0.493. The van der Waals surface area contributed by atoms with Crippen molar-refractivity contribution >= 4 is 41.0 Å². The highest BCUT2D eigenvalue weighted by atomic mass is 35.5. The molecule has 0 bridgehead atoms. The molecule has 1 heterocycles. The van der Waals surface area contributed by atoms with E-state index in [1.165, 1.54) is 0 Å². The van der Waals surface area contributed by atoms with Gasteiger partial charge in [0.2, 0.25) is 5.78 Å². The molecule has 1 aliphatic rings. The van der Waals surface area contributed by atoms with E-state index >= 15 is 0 Å². The van der Waals surface area contributed by atoms with Crippen LogP contribution in [0.2, 0.25) is 10.0 Å².